The Morgan fingerprint density at radius 3 is 2.35 bits per heavy atom. The van der Waals surface area contributed by atoms with Gasteiger partial charge in [-0.05, 0) is 61.2 Å². The quantitative estimate of drug-likeness (QED) is 0.378. The Hall–Kier alpha value is -2.55. The molecule has 0 saturated heterocycles. The van der Waals surface area contributed by atoms with Crippen molar-refractivity contribution in [2.24, 2.45) is 13.0 Å². The van der Waals surface area contributed by atoms with Crippen molar-refractivity contribution in [1.82, 2.24) is 20.1 Å². The molecule has 7 nitrogen and oxygen atoms in total. The molecule has 0 unspecified atom stereocenters. The highest BCUT2D eigenvalue weighted by Gasteiger charge is 2.26. The summed E-state index contributed by atoms with van der Waals surface area (Å²) in [6, 6.07) is 10.2. The second-order valence-corrected chi connectivity index (χ2v) is 10.2. The molecule has 180 valence electrons. The molecule has 34 heavy (non-hydrogen) atoms. The van der Waals surface area contributed by atoms with Crippen LogP contribution in [0, 0.1) is 19.8 Å². The number of anilines is 1. The first-order chi connectivity index (χ1) is 16.0. The predicted molar refractivity (Wildman–Crippen MR) is 138 cm³/mol. The predicted octanol–water partition coefficient (Wildman–Crippen LogP) is 5.60. The average molecular weight is 520 g/mol. The molecule has 2 aromatic carbocycles. The summed E-state index contributed by atoms with van der Waals surface area (Å²) in [6.45, 7) is 7.94. The van der Waals surface area contributed by atoms with Gasteiger partial charge in [0.2, 0.25) is 5.91 Å². The topological polar surface area (TPSA) is 88.9 Å². The summed E-state index contributed by atoms with van der Waals surface area (Å²) in [5, 5.41) is 15.8. The number of halogens is 2. The number of aryl methyl sites for hydroxylation is 2. The second-order valence-electron chi connectivity index (χ2n) is 8.43. The molecule has 3 aromatic rings. The molecule has 0 spiro atoms. The summed E-state index contributed by atoms with van der Waals surface area (Å²) in [7, 11) is 1.82. The lowest BCUT2D eigenvalue weighted by atomic mass is 10.0. The van der Waals surface area contributed by atoms with Crippen LogP contribution in [0.1, 0.15) is 47.2 Å². The SMILES string of the molecule is Cc1cc(C)cc(NC(=O)CSc2nnc([C@H](NC(=O)c3ccc(Cl)cc3Cl)C(C)C)n2C)c1. The highest BCUT2D eigenvalue weighted by atomic mass is 35.5. The monoisotopic (exact) mass is 519 g/mol. The van der Waals surface area contributed by atoms with E-state index in [1.165, 1.54) is 17.8 Å². The van der Waals surface area contributed by atoms with Crippen molar-refractivity contribution >= 4 is 52.5 Å². The molecule has 0 saturated carbocycles. The van der Waals surface area contributed by atoms with E-state index in [9.17, 15) is 9.59 Å². The Kier molecular flexibility index (Phi) is 8.62. The minimum atomic E-state index is -0.407. The maximum atomic E-state index is 12.9. The van der Waals surface area contributed by atoms with Crippen molar-refractivity contribution in [3.05, 3.63) is 69.0 Å². The minimum Gasteiger partial charge on any atom is -0.342 e. The number of nitrogens with one attached hydrogen (secondary N) is 2. The van der Waals surface area contributed by atoms with Gasteiger partial charge in [-0.3, -0.25) is 9.59 Å². The molecule has 2 amide bonds. The number of rotatable bonds is 8. The van der Waals surface area contributed by atoms with E-state index in [2.05, 4.69) is 26.9 Å². The van der Waals surface area contributed by atoms with E-state index < -0.39 is 6.04 Å². The Morgan fingerprint density at radius 1 is 1.06 bits per heavy atom. The summed E-state index contributed by atoms with van der Waals surface area (Å²) in [4.78, 5) is 25.3. The molecule has 1 atom stereocenters. The first kappa shape index (κ1) is 26.1. The largest absolute Gasteiger partial charge is 0.342 e. The summed E-state index contributed by atoms with van der Waals surface area (Å²) in [5.41, 5.74) is 3.27. The van der Waals surface area contributed by atoms with Gasteiger partial charge in [-0.15, -0.1) is 10.2 Å². The Balaban J connectivity index is 1.69. The first-order valence-electron chi connectivity index (χ1n) is 10.7. The fourth-order valence-electron chi connectivity index (χ4n) is 3.52. The molecule has 1 aromatic heterocycles. The maximum absolute atomic E-state index is 12.9. The fourth-order valence-corrected chi connectivity index (χ4v) is 4.73. The maximum Gasteiger partial charge on any atom is 0.253 e. The number of carbonyl (C=O) groups is 2. The lowest BCUT2D eigenvalue weighted by Gasteiger charge is -2.22. The Labute approximate surface area is 213 Å². The second kappa shape index (κ2) is 11.3. The van der Waals surface area contributed by atoms with Crippen LogP contribution in [-0.4, -0.2) is 32.3 Å². The number of aromatic nitrogens is 3. The molecule has 0 bridgehead atoms. The zero-order chi connectivity index (χ0) is 25.0. The molecule has 10 heteroatoms. The van der Waals surface area contributed by atoms with Crippen molar-refractivity contribution in [3.8, 4) is 0 Å². The summed E-state index contributed by atoms with van der Waals surface area (Å²) < 4.78 is 1.79. The number of benzene rings is 2. The number of nitrogens with zero attached hydrogens (tertiary/aromatic N) is 3. The molecule has 0 aliphatic carbocycles. The minimum absolute atomic E-state index is 0.0311. The van der Waals surface area contributed by atoms with Crippen LogP contribution in [0.4, 0.5) is 5.69 Å². The lowest BCUT2D eigenvalue weighted by Crippen LogP contribution is -2.33. The van der Waals surface area contributed by atoms with E-state index in [1.807, 2.05) is 46.9 Å². The lowest BCUT2D eigenvalue weighted by molar-refractivity contribution is -0.113. The molecule has 0 fully saturated rings. The molecular formula is C24H27Cl2N5O2S. The molecule has 0 aliphatic rings. The first-order valence-corrected chi connectivity index (χ1v) is 12.5. The molecule has 2 N–H and O–H groups in total. The van der Waals surface area contributed by atoms with E-state index >= 15 is 0 Å². The van der Waals surface area contributed by atoms with Crippen LogP contribution in [0.3, 0.4) is 0 Å². The van der Waals surface area contributed by atoms with Crippen molar-refractivity contribution in [1.29, 1.82) is 0 Å². The smallest absolute Gasteiger partial charge is 0.253 e. The van der Waals surface area contributed by atoms with Crippen LogP contribution < -0.4 is 10.6 Å². The molecule has 1 heterocycles. The zero-order valence-electron chi connectivity index (χ0n) is 19.6. The van der Waals surface area contributed by atoms with Gasteiger partial charge in [0.25, 0.3) is 5.91 Å². The van der Waals surface area contributed by atoms with E-state index in [-0.39, 0.29) is 28.5 Å². The molecule has 0 radical (unpaired) electrons. The number of hydrogen-bond donors (Lipinski definition) is 2. The van der Waals surface area contributed by atoms with E-state index in [0.717, 1.165) is 16.8 Å². The summed E-state index contributed by atoms with van der Waals surface area (Å²) >= 11 is 13.4. The Morgan fingerprint density at radius 2 is 1.74 bits per heavy atom. The highest BCUT2D eigenvalue weighted by molar-refractivity contribution is 7.99. The van der Waals surface area contributed by atoms with Gasteiger partial charge in [0.15, 0.2) is 11.0 Å². The van der Waals surface area contributed by atoms with Gasteiger partial charge >= 0.3 is 0 Å². The van der Waals surface area contributed by atoms with Crippen LogP contribution >= 0.6 is 35.0 Å². The van der Waals surface area contributed by atoms with Crippen LogP contribution in [0.5, 0.6) is 0 Å². The number of thioether (sulfide) groups is 1. The Bertz CT molecular complexity index is 1190. The number of hydrogen-bond acceptors (Lipinski definition) is 5. The highest BCUT2D eigenvalue weighted by Crippen LogP contribution is 2.26. The van der Waals surface area contributed by atoms with Crippen molar-refractivity contribution < 1.29 is 9.59 Å². The molecular weight excluding hydrogens is 493 g/mol. The number of carbonyl (C=O) groups excluding carboxylic acids is 2. The van der Waals surface area contributed by atoms with Gasteiger partial charge in [0, 0.05) is 17.8 Å². The number of amides is 2. The van der Waals surface area contributed by atoms with Gasteiger partial charge in [0.1, 0.15) is 0 Å². The third-order valence-corrected chi connectivity index (χ3v) is 6.68. The van der Waals surface area contributed by atoms with Crippen molar-refractivity contribution in [2.45, 2.75) is 38.9 Å². The standard InChI is InChI=1S/C24H27Cl2N5O2S/c1-13(2)21(28-23(33)18-7-6-16(25)11-19(18)26)22-29-30-24(31(22)5)34-12-20(32)27-17-9-14(3)8-15(4)10-17/h6-11,13,21H,12H2,1-5H3,(H,27,32)(H,28,33)/t21-/m1/s1. The van der Waals surface area contributed by atoms with Gasteiger partial charge in [-0.2, -0.15) is 0 Å². The van der Waals surface area contributed by atoms with Crippen LogP contribution in [-0.2, 0) is 11.8 Å². The normalized spacial score (nSPS) is 12.0. The van der Waals surface area contributed by atoms with Gasteiger partial charge in [-0.1, -0.05) is 54.9 Å². The van der Waals surface area contributed by atoms with Crippen molar-refractivity contribution in [3.63, 3.8) is 0 Å². The van der Waals surface area contributed by atoms with Crippen molar-refractivity contribution in [2.75, 3.05) is 11.1 Å². The molecule has 3 rings (SSSR count). The van der Waals surface area contributed by atoms with E-state index in [0.29, 0.717) is 21.6 Å². The average Bonchev–Trinajstić information content (AvgIpc) is 3.09. The van der Waals surface area contributed by atoms with Crippen LogP contribution in [0.15, 0.2) is 41.6 Å². The third kappa shape index (κ3) is 6.52. The van der Waals surface area contributed by atoms with E-state index in [4.69, 9.17) is 23.2 Å². The van der Waals surface area contributed by atoms with Gasteiger partial charge < -0.3 is 15.2 Å². The fraction of sp³-hybridized carbons (Fsp3) is 0.333. The van der Waals surface area contributed by atoms with Gasteiger partial charge in [-0.25, -0.2) is 0 Å². The van der Waals surface area contributed by atoms with Gasteiger partial charge in [0.05, 0.1) is 22.4 Å². The van der Waals surface area contributed by atoms with Crippen LogP contribution in [0.25, 0.3) is 0 Å². The zero-order valence-corrected chi connectivity index (χ0v) is 22.0. The van der Waals surface area contributed by atoms with Crippen LogP contribution in [0.2, 0.25) is 10.0 Å². The molecule has 0 aliphatic heterocycles. The summed E-state index contributed by atoms with van der Waals surface area (Å²) in [5.74, 6) is 0.336. The van der Waals surface area contributed by atoms with E-state index in [1.54, 1.807) is 16.7 Å². The summed E-state index contributed by atoms with van der Waals surface area (Å²) in [6.07, 6.45) is 0. The third-order valence-electron chi connectivity index (χ3n) is 5.11.